The number of rotatable bonds is 3. The third-order valence-electron chi connectivity index (χ3n) is 5.70. The number of hydrogen-bond donors (Lipinski definition) is 0. The van der Waals surface area contributed by atoms with Crippen molar-refractivity contribution in [3.05, 3.63) is 87.1 Å². The van der Waals surface area contributed by atoms with Gasteiger partial charge in [-0.2, -0.15) is 0 Å². The Morgan fingerprint density at radius 1 is 1.06 bits per heavy atom. The van der Waals surface area contributed by atoms with E-state index in [4.69, 9.17) is 11.6 Å². The van der Waals surface area contributed by atoms with E-state index in [1.807, 2.05) is 66.0 Å². The van der Waals surface area contributed by atoms with Crippen LogP contribution in [0, 0.1) is 0 Å². The van der Waals surface area contributed by atoms with Crippen molar-refractivity contribution in [1.82, 2.24) is 4.90 Å². The highest BCUT2D eigenvalue weighted by atomic mass is 35.5. The summed E-state index contributed by atoms with van der Waals surface area (Å²) in [6, 6.07) is 19.1. The first-order valence-electron chi connectivity index (χ1n) is 10.0. The molecule has 0 unspecified atom stereocenters. The molecule has 7 heteroatoms. The molecule has 0 N–H and O–H groups in total. The number of benzene rings is 2. The van der Waals surface area contributed by atoms with Crippen LogP contribution in [0.2, 0.25) is 5.02 Å². The van der Waals surface area contributed by atoms with Gasteiger partial charge in [-0.1, -0.05) is 54.1 Å². The predicted molar refractivity (Wildman–Crippen MR) is 128 cm³/mol. The quantitative estimate of drug-likeness (QED) is 0.490. The van der Waals surface area contributed by atoms with E-state index in [1.54, 1.807) is 21.6 Å². The minimum atomic E-state index is -1.08. The highest BCUT2D eigenvalue weighted by molar-refractivity contribution is 8.02. The van der Waals surface area contributed by atoms with Gasteiger partial charge < -0.3 is 9.80 Å². The third kappa shape index (κ3) is 3.20. The highest BCUT2D eigenvalue weighted by Crippen LogP contribution is 2.60. The average Bonchev–Trinajstić information content (AvgIpc) is 3.43. The number of nitrogens with zero attached hydrogens (tertiary/aromatic N) is 2. The molecule has 3 heterocycles. The van der Waals surface area contributed by atoms with Gasteiger partial charge in [0.1, 0.15) is 0 Å². The number of thioether (sulfide) groups is 1. The van der Waals surface area contributed by atoms with Crippen molar-refractivity contribution in [2.45, 2.75) is 30.0 Å². The highest BCUT2D eigenvalue weighted by Gasteiger charge is 2.63. The molecule has 5 rings (SSSR count). The summed E-state index contributed by atoms with van der Waals surface area (Å²) in [5.74, 6) is -0.190. The van der Waals surface area contributed by atoms with Gasteiger partial charge in [0.15, 0.2) is 4.87 Å². The minimum Gasteiger partial charge on any atom is -0.309 e. The van der Waals surface area contributed by atoms with E-state index < -0.39 is 4.87 Å². The zero-order chi connectivity index (χ0) is 21.8. The first kappa shape index (κ1) is 20.6. The second-order valence-electron chi connectivity index (χ2n) is 8.37. The number of hydrogen-bond acceptors (Lipinski definition) is 4. The number of fused-ring (bicyclic) bond motifs is 2. The summed E-state index contributed by atoms with van der Waals surface area (Å²) < 4.78 is -0.268. The van der Waals surface area contributed by atoms with Crippen molar-refractivity contribution in [2.75, 3.05) is 11.4 Å². The van der Waals surface area contributed by atoms with E-state index in [2.05, 4.69) is 13.8 Å². The summed E-state index contributed by atoms with van der Waals surface area (Å²) in [4.78, 5) is 30.8. The van der Waals surface area contributed by atoms with Crippen LogP contribution in [0.4, 0.5) is 5.69 Å². The monoisotopic (exact) mass is 468 g/mol. The Morgan fingerprint density at radius 3 is 2.55 bits per heavy atom. The molecule has 0 bridgehead atoms. The first-order valence-corrected chi connectivity index (χ1v) is 12.1. The van der Waals surface area contributed by atoms with Crippen molar-refractivity contribution in [3.63, 3.8) is 0 Å². The molecule has 2 aromatic carbocycles. The lowest BCUT2D eigenvalue weighted by Gasteiger charge is -2.33. The van der Waals surface area contributed by atoms with Gasteiger partial charge in [0.05, 0.1) is 17.1 Å². The Kier molecular flexibility index (Phi) is 4.92. The maximum absolute atomic E-state index is 14.1. The van der Waals surface area contributed by atoms with E-state index >= 15 is 0 Å². The van der Waals surface area contributed by atoms with Crippen LogP contribution in [0.25, 0.3) is 0 Å². The van der Waals surface area contributed by atoms with Crippen LogP contribution < -0.4 is 4.90 Å². The lowest BCUT2D eigenvalue weighted by Crippen LogP contribution is -2.50. The van der Waals surface area contributed by atoms with Gasteiger partial charge in [-0.15, -0.1) is 23.1 Å². The molecular formula is C24H21ClN2O2S2. The number of halogens is 1. The Bertz CT molecular complexity index is 1180. The summed E-state index contributed by atoms with van der Waals surface area (Å²) in [6.45, 7) is 5.04. The van der Waals surface area contributed by atoms with E-state index in [0.717, 1.165) is 16.8 Å². The number of carbonyl (C=O) groups is 2. The van der Waals surface area contributed by atoms with Crippen molar-refractivity contribution in [1.29, 1.82) is 0 Å². The van der Waals surface area contributed by atoms with E-state index in [9.17, 15) is 9.59 Å². The molecule has 2 aliphatic rings. The smallest absolute Gasteiger partial charge is 0.268 e. The average molecular weight is 469 g/mol. The normalized spacial score (nSPS) is 21.7. The van der Waals surface area contributed by atoms with Crippen LogP contribution in [-0.4, -0.2) is 28.0 Å². The maximum Gasteiger partial charge on any atom is 0.268 e. The lowest BCUT2D eigenvalue weighted by atomic mass is 10.0. The molecule has 1 aromatic heterocycles. The van der Waals surface area contributed by atoms with Crippen LogP contribution in [-0.2, 0) is 16.2 Å². The van der Waals surface area contributed by atoms with Gasteiger partial charge in [-0.25, -0.2) is 0 Å². The van der Waals surface area contributed by atoms with E-state index in [0.29, 0.717) is 23.0 Å². The fourth-order valence-corrected chi connectivity index (χ4v) is 7.04. The fourth-order valence-electron chi connectivity index (χ4n) is 4.44. The molecule has 1 atom stereocenters. The van der Waals surface area contributed by atoms with Crippen LogP contribution >= 0.6 is 34.7 Å². The number of thiophene rings is 1. The number of para-hydroxylation sites is 1. The van der Waals surface area contributed by atoms with Gasteiger partial charge in [-0.05, 0) is 43.0 Å². The van der Waals surface area contributed by atoms with Gasteiger partial charge >= 0.3 is 0 Å². The second kappa shape index (κ2) is 7.40. The largest absolute Gasteiger partial charge is 0.309 e. The minimum absolute atomic E-state index is 0.0888. The summed E-state index contributed by atoms with van der Waals surface area (Å²) >= 11 is 9.39. The molecule has 1 fully saturated rings. The maximum atomic E-state index is 14.1. The molecule has 4 nitrogen and oxygen atoms in total. The van der Waals surface area contributed by atoms with Crippen LogP contribution in [0.5, 0.6) is 0 Å². The van der Waals surface area contributed by atoms with Gasteiger partial charge in [0.25, 0.3) is 11.8 Å². The molecule has 2 aliphatic heterocycles. The standard InChI is InChI=1S/C24H21ClN2O2S2/c1-23(2)15-27(21(28)20-12-7-13-30-20)24(31-23)17-9-4-6-11-19(17)26(22(24)29)14-16-8-3-5-10-18(16)25/h3-13H,14-15H2,1-2H3/t24-/m1/s1. The first-order chi connectivity index (χ1) is 14.8. The number of carbonyl (C=O) groups excluding carboxylic acids is 2. The topological polar surface area (TPSA) is 40.6 Å². The molecule has 0 saturated carbocycles. The Labute approximate surface area is 194 Å². The SMILES string of the molecule is CC1(C)CN(C(=O)c2cccs2)[C@]2(S1)C(=O)N(Cc1ccccc1Cl)c1ccccc12. The van der Waals surface area contributed by atoms with E-state index in [1.165, 1.54) is 11.3 Å². The summed E-state index contributed by atoms with van der Waals surface area (Å²) in [7, 11) is 0. The zero-order valence-corrected chi connectivity index (χ0v) is 19.6. The molecule has 31 heavy (non-hydrogen) atoms. The van der Waals surface area contributed by atoms with Crippen LogP contribution in [0.15, 0.2) is 66.0 Å². The molecule has 3 aromatic rings. The fraction of sp³-hybridized carbons (Fsp3) is 0.250. The molecule has 0 aliphatic carbocycles. The molecular weight excluding hydrogens is 448 g/mol. The van der Waals surface area contributed by atoms with Crippen LogP contribution in [0.1, 0.15) is 34.6 Å². The number of amides is 2. The summed E-state index contributed by atoms with van der Waals surface area (Å²) in [6.07, 6.45) is 0. The van der Waals surface area contributed by atoms with Crippen molar-refractivity contribution >= 4 is 52.2 Å². The molecule has 1 saturated heterocycles. The number of anilines is 1. The third-order valence-corrected chi connectivity index (χ3v) is 8.52. The van der Waals surface area contributed by atoms with Crippen molar-refractivity contribution in [3.8, 4) is 0 Å². The molecule has 0 radical (unpaired) electrons. The van der Waals surface area contributed by atoms with Gasteiger partial charge in [0, 0.05) is 21.9 Å². The molecule has 1 spiro atoms. The Hall–Kier alpha value is -2.28. The summed E-state index contributed by atoms with van der Waals surface area (Å²) in [5.41, 5.74) is 2.58. The second-order valence-corrected chi connectivity index (χ2v) is 11.6. The zero-order valence-electron chi connectivity index (χ0n) is 17.2. The molecule has 158 valence electrons. The molecule has 2 amide bonds. The Morgan fingerprint density at radius 2 is 1.81 bits per heavy atom. The summed E-state index contributed by atoms with van der Waals surface area (Å²) in [5, 5.41) is 2.52. The van der Waals surface area contributed by atoms with Crippen molar-refractivity contribution in [2.24, 2.45) is 0 Å². The van der Waals surface area contributed by atoms with Gasteiger partial charge in [0.2, 0.25) is 0 Å². The lowest BCUT2D eigenvalue weighted by molar-refractivity contribution is -0.123. The van der Waals surface area contributed by atoms with Gasteiger partial charge in [-0.3, -0.25) is 9.59 Å². The van der Waals surface area contributed by atoms with E-state index in [-0.39, 0.29) is 16.6 Å². The van der Waals surface area contributed by atoms with Crippen LogP contribution in [0.3, 0.4) is 0 Å². The Balaban J connectivity index is 1.64. The van der Waals surface area contributed by atoms with Crippen molar-refractivity contribution < 1.29 is 9.59 Å². The predicted octanol–water partition coefficient (Wildman–Crippen LogP) is 5.77.